The lowest BCUT2D eigenvalue weighted by molar-refractivity contribution is -0.117. The normalized spacial score (nSPS) is 10.4. The fourth-order valence-electron chi connectivity index (χ4n) is 1.72. The number of aromatic nitrogens is 3. The van der Waals surface area contributed by atoms with Crippen molar-refractivity contribution in [2.24, 2.45) is 5.73 Å². The molecule has 9 heteroatoms. The number of carboxylic acids is 1. The van der Waals surface area contributed by atoms with Gasteiger partial charge in [0, 0.05) is 11.0 Å². The van der Waals surface area contributed by atoms with E-state index in [1.54, 1.807) is 18.2 Å². The number of halogens is 1. The highest BCUT2D eigenvalue weighted by atomic mass is 79.9. The molecule has 4 N–H and O–H groups in total. The summed E-state index contributed by atoms with van der Waals surface area (Å²) in [6, 6.07) is 7.13. The Morgan fingerprint density at radius 2 is 2.10 bits per heavy atom. The van der Waals surface area contributed by atoms with Crippen LogP contribution in [0.3, 0.4) is 0 Å². The quantitative estimate of drug-likeness (QED) is 0.731. The zero-order chi connectivity index (χ0) is 15.4. The number of benzene rings is 1. The van der Waals surface area contributed by atoms with Gasteiger partial charge in [0.1, 0.15) is 6.54 Å². The molecule has 2 rings (SSSR count). The molecule has 1 heterocycles. The molecular weight excluding hydrogens is 342 g/mol. The van der Waals surface area contributed by atoms with Crippen molar-refractivity contribution in [1.82, 2.24) is 15.0 Å². The van der Waals surface area contributed by atoms with Gasteiger partial charge in [-0.25, -0.2) is 9.48 Å². The average molecular weight is 354 g/mol. The lowest BCUT2D eigenvalue weighted by Gasteiger charge is -2.08. The first-order valence-electron chi connectivity index (χ1n) is 5.93. The summed E-state index contributed by atoms with van der Waals surface area (Å²) in [4.78, 5) is 22.9. The lowest BCUT2D eigenvalue weighted by Crippen LogP contribution is -2.22. The fraction of sp³-hybridized carbons (Fsp3) is 0.167. The molecule has 0 aliphatic heterocycles. The van der Waals surface area contributed by atoms with Crippen LogP contribution in [0, 0.1) is 0 Å². The number of amides is 1. The number of anilines is 1. The Morgan fingerprint density at radius 1 is 1.38 bits per heavy atom. The molecular formula is C12H12BrN5O3. The molecule has 1 aromatic carbocycles. The van der Waals surface area contributed by atoms with Crippen LogP contribution in [0.1, 0.15) is 16.2 Å². The Bertz CT molecular complexity index is 685. The summed E-state index contributed by atoms with van der Waals surface area (Å²) in [6.07, 6.45) is 0. The number of nitrogens with two attached hydrogens (primary N) is 1. The van der Waals surface area contributed by atoms with E-state index in [0.29, 0.717) is 5.69 Å². The fourth-order valence-corrected chi connectivity index (χ4v) is 2.10. The first kappa shape index (κ1) is 15.1. The Hall–Kier alpha value is -2.26. The van der Waals surface area contributed by atoms with Gasteiger partial charge in [-0.3, -0.25) is 4.79 Å². The van der Waals surface area contributed by atoms with Crippen LogP contribution in [0.5, 0.6) is 0 Å². The van der Waals surface area contributed by atoms with Crippen molar-refractivity contribution in [3.63, 3.8) is 0 Å². The number of hydrogen-bond acceptors (Lipinski definition) is 5. The molecule has 0 bridgehead atoms. The smallest absolute Gasteiger partial charge is 0.358 e. The van der Waals surface area contributed by atoms with E-state index >= 15 is 0 Å². The molecule has 1 aromatic heterocycles. The van der Waals surface area contributed by atoms with E-state index in [1.807, 2.05) is 6.07 Å². The van der Waals surface area contributed by atoms with Gasteiger partial charge in [0.15, 0.2) is 5.69 Å². The first-order valence-corrected chi connectivity index (χ1v) is 6.72. The SMILES string of the molecule is NCc1c(C(=O)O)nnn1CC(=O)Nc1ccccc1Br. The molecule has 8 nitrogen and oxygen atoms in total. The minimum atomic E-state index is -1.23. The van der Waals surface area contributed by atoms with Crippen LogP contribution in [-0.4, -0.2) is 32.0 Å². The Balaban J connectivity index is 2.13. The number of carbonyl (C=O) groups excluding carboxylic acids is 1. The maximum absolute atomic E-state index is 12.0. The number of nitrogens with one attached hydrogen (secondary N) is 1. The topological polar surface area (TPSA) is 123 Å². The molecule has 0 saturated carbocycles. The Labute approximate surface area is 128 Å². The van der Waals surface area contributed by atoms with Crippen LogP contribution in [0.2, 0.25) is 0 Å². The largest absolute Gasteiger partial charge is 0.476 e. The minimum Gasteiger partial charge on any atom is -0.476 e. The second-order valence-corrected chi connectivity index (χ2v) is 4.93. The van der Waals surface area contributed by atoms with Crippen molar-refractivity contribution in [3.05, 3.63) is 40.1 Å². The molecule has 0 spiro atoms. The van der Waals surface area contributed by atoms with E-state index < -0.39 is 5.97 Å². The van der Waals surface area contributed by atoms with E-state index in [9.17, 15) is 9.59 Å². The van der Waals surface area contributed by atoms with Crippen molar-refractivity contribution in [3.8, 4) is 0 Å². The highest BCUT2D eigenvalue weighted by molar-refractivity contribution is 9.10. The van der Waals surface area contributed by atoms with Crippen LogP contribution < -0.4 is 11.1 Å². The van der Waals surface area contributed by atoms with E-state index in [2.05, 4.69) is 31.6 Å². The third-order valence-electron chi connectivity index (χ3n) is 2.67. The lowest BCUT2D eigenvalue weighted by atomic mass is 10.3. The van der Waals surface area contributed by atoms with Crippen LogP contribution >= 0.6 is 15.9 Å². The highest BCUT2D eigenvalue weighted by Crippen LogP contribution is 2.21. The number of nitrogens with zero attached hydrogens (tertiary/aromatic N) is 3. The summed E-state index contributed by atoms with van der Waals surface area (Å²) < 4.78 is 1.91. The van der Waals surface area contributed by atoms with Gasteiger partial charge in [-0.15, -0.1) is 5.10 Å². The van der Waals surface area contributed by atoms with Crippen LogP contribution in [-0.2, 0) is 17.9 Å². The van der Waals surface area contributed by atoms with Gasteiger partial charge < -0.3 is 16.2 Å². The molecule has 1 amide bonds. The monoisotopic (exact) mass is 353 g/mol. The van der Waals surface area contributed by atoms with Crippen LogP contribution in [0.25, 0.3) is 0 Å². The van der Waals surface area contributed by atoms with Gasteiger partial charge in [0.2, 0.25) is 5.91 Å². The predicted octanol–water partition coefficient (Wildman–Crippen LogP) is 0.836. The standard InChI is InChI=1S/C12H12BrN5O3/c13-7-3-1-2-4-8(7)15-10(19)6-18-9(5-14)11(12(20)21)16-17-18/h1-4H,5-6,14H2,(H,15,19)(H,20,21). The molecule has 0 aliphatic carbocycles. The molecule has 0 fully saturated rings. The molecule has 2 aromatic rings. The van der Waals surface area contributed by atoms with Gasteiger partial charge >= 0.3 is 5.97 Å². The molecule has 110 valence electrons. The van der Waals surface area contributed by atoms with Crippen molar-refractivity contribution >= 4 is 33.5 Å². The van der Waals surface area contributed by atoms with E-state index in [1.165, 1.54) is 4.68 Å². The number of carbonyl (C=O) groups is 2. The third-order valence-corrected chi connectivity index (χ3v) is 3.37. The van der Waals surface area contributed by atoms with E-state index in [4.69, 9.17) is 10.8 Å². The maximum Gasteiger partial charge on any atom is 0.358 e. The average Bonchev–Trinajstić information content (AvgIpc) is 2.84. The molecule has 0 radical (unpaired) electrons. The summed E-state index contributed by atoms with van der Waals surface area (Å²) in [7, 11) is 0. The van der Waals surface area contributed by atoms with Gasteiger partial charge in [0.25, 0.3) is 0 Å². The van der Waals surface area contributed by atoms with Gasteiger partial charge in [-0.05, 0) is 28.1 Å². The Morgan fingerprint density at radius 3 is 2.71 bits per heavy atom. The van der Waals surface area contributed by atoms with Gasteiger partial charge in [0.05, 0.1) is 11.4 Å². The summed E-state index contributed by atoms with van der Waals surface area (Å²) in [5, 5.41) is 18.8. The van der Waals surface area contributed by atoms with Crippen LogP contribution in [0.15, 0.2) is 28.7 Å². The number of aromatic carboxylic acids is 1. The number of rotatable bonds is 5. The summed E-state index contributed by atoms with van der Waals surface area (Å²) >= 11 is 3.31. The number of hydrogen-bond donors (Lipinski definition) is 3. The van der Waals surface area contributed by atoms with Crippen LogP contribution in [0.4, 0.5) is 5.69 Å². The summed E-state index contributed by atoms with van der Waals surface area (Å²) in [6.45, 7) is -0.245. The molecule has 0 unspecified atom stereocenters. The molecule has 0 atom stereocenters. The second-order valence-electron chi connectivity index (χ2n) is 4.08. The highest BCUT2D eigenvalue weighted by Gasteiger charge is 2.19. The molecule has 21 heavy (non-hydrogen) atoms. The van der Waals surface area contributed by atoms with Crippen molar-refractivity contribution < 1.29 is 14.7 Å². The van der Waals surface area contributed by atoms with Crippen molar-refractivity contribution in [2.75, 3.05) is 5.32 Å². The second kappa shape index (κ2) is 6.46. The minimum absolute atomic E-state index is 0.0725. The Kier molecular flexibility index (Phi) is 4.66. The summed E-state index contributed by atoms with van der Waals surface area (Å²) in [5.41, 5.74) is 6.04. The van der Waals surface area contributed by atoms with Gasteiger partial charge in [-0.1, -0.05) is 17.3 Å². The molecule has 0 saturated heterocycles. The predicted molar refractivity (Wildman–Crippen MR) is 77.6 cm³/mol. The zero-order valence-corrected chi connectivity index (χ0v) is 12.4. The number of carboxylic acid groups (broad SMARTS) is 1. The molecule has 0 aliphatic rings. The number of para-hydroxylation sites is 1. The summed E-state index contributed by atoms with van der Waals surface area (Å²) in [5.74, 6) is -1.59. The van der Waals surface area contributed by atoms with Gasteiger partial charge in [-0.2, -0.15) is 0 Å². The van der Waals surface area contributed by atoms with Crippen molar-refractivity contribution in [2.45, 2.75) is 13.1 Å². The van der Waals surface area contributed by atoms with E-state index in [0.717, 1.165) is 4.47 Å². The van der Waals surface area contributed by atoms with E-state index in [-0.39, 0.29) is 30.4 Å². The maximum atomic E-state index is 12.0. The van der Waals surface area contributed by atoms with Crippen molar-refractivity contribution in [1.29, 1.82) is 0 Å². The zero-order valence-electron chi connectivity index (χ0n) is 10.8. The third kappa shape index (κ3) is 3.44. The first-order chi connectivity index (χ1) is 10.0.